The van der Waals surface area contributed by atoms with Crippen molar-refractivity contribution in [1.82, 2.24) is 4.98 Å². The normalized spacial score (nSPS) is 10.4. The van der Waals surface area contributed by atoms with Crippen molar-refractivity contribution in [3.8, 4) is 5.75 Å². The van der Waals surface area contributed by atoms with Crippen LogP contribution >= 0.6 is 15.9 Å². The number of allylic oxidation sites excluding steroid dienone is 1. The third-order valence-corrected chi connectivity index (χ3v) is 1.96. The SMILES string of the molecule is C=CCOc1cc(Br)cnc1C=CC. The molecule has 0 aliphatic rings. The van der Waals surface area contributed by atoms with Crippen LogP contribution in [0.2, 0.25) is 0 Å². The number of pyridine rings is 1. The van der Waals surface area contributed by atoms with E-state index in [1.807, 2.05) is 25.1 Å². The second-order valence-corrected chi connectivity index (χ2v) is 3.55. The van der Waals surface area contributed by atoms with E-state index in [0.29, 0.717) is 6.61 Å². The minimum Gasteiger partial charge on any atom is -0.487 e. The van der Waals surface area contributed by atoms with Gasteiger partial charge in [0.2, 0.25) is 0 Å². The first-order valence-electron chi connectivity index (χ1n) is 4.30. The first-order chi connectivity index (χ1) is 6.77. The number of nitrogens with zero attached hydrogens (tertiary/aromatic N) is 1. The molecule has 0 saturated heterocycles. The highest BCUT2D eigenvalue weighted by Crippen LogP contribution is 2.22. The van der Waals surface area contributed by atoms with Crippen LogP contribution in [0, 0.1) is 0 Å². The van der Waals surface area contributed by atoms with Gasteiger partial charge in [-0.05, 0) is 35.0 Å². The van der Waals surface area contributed by atoms with Crippen molar-refractivity contribution in [3.05, 3.63) is 41.2 Å². The van der Waals surface area contributed by atoms with E-state index in [1.165, 1.54) is 0 Å². The van der Waals surface area contributed by atoms with Gasteiger partial charge in [0.15, 0.2) is 0 Å². The summed E-state index contributed by atoms with van der Waals surface area (Å²) in [5.41, 5.74) is 0.831. The number of hydrogen-bond acceptors (Lipinski definition) is 2. The Morgan fingerprint density at radius 2 is 2.43 bits per heavy atom. The molecule has 14 heavy (non-hydrogen) atoms. The van der Waals surface area contributed by atoms with Gasteiger partial charge in [0.05, 0.1) is 0 Å². The number of halogens is 1. The maximum Gasteiger partial charge on any atom is 0.146 e. The lowest BCUT2D eigenvalue weighted by Gasteiger charge is -2.06. The van der Waals surface area contributed by atoms with E-state index < -0.39 is 0 Å². The molecular weight excluding hydrogens is 242 g/mol. The Morgan fingerprint density at radius 1 is 1.64 bits per heavy atom. The minimum atomic E-state index is 0.489. The van der Waals surface area contributed by atoms with E-state index in [4.69, 9.17) is 4.74 Å². The van der Waals surface area contributed by atoms with Crippen LogP contribution in [-0.4, -0.2) is 11.6 Å². The average Bonchev–Trinajstić information content (AvgIpc) is 2.18. The Kier molecular flexibility index (Phi) is 4.40. The van der Waals surface area contributed by atoms with Crippen LogP contribution < -0.4 is 4.74 Å². The van der Waals surface area contributed by atoms with Crippen molar-refractivity contribution in [2.24, 2.45) is 0 Å². The monoisotopic (exact) mass is 253 g/mol. The minimum absolute atomic E-state index is 0.489. The second-order valence-electron chi connectivity index (χ2n) is 2.64. The van der Waals surface area contributed by atoms with Crippen LogP contribution in [0.25, 0.3) is 6.08 Å². The molecule has 0 fully saturated rings. The molecule has 2 nitrogen and oxygen atoms in total. The van der Waals surface area contributed by atoms with Crippen molar-refractivity contribution >= 4 is 22.0 Å². The Balaban J connectivity index is 2.96. The van der Waals surface area contributed by atoms with Crippen LogP contribution in [0.3, 0.4) is 0 Å². The number of ether oxygens (including phenoxy) is 1. The summed E-state index contributed by atoms with van der Waals surface area (Å²) in [4.78, 5) is 4.23. The van der Waals surface area contributed by atoms with Crippen LogP contribution in [0.1, 0.15) is 12.6 Å². The second kappa shape index (κ2) is 5.60. The lowest BCUT2D eigenvalue weighted by atomic mass is 10.3. The topological polar surface area (TPSA) is 22.1 Å². The van der Waals surface area contributed by atoms with Crippen molar-refractivity contribution in [3.63, 3.8) is 0 Å². The van der Waals surface area contributed by atoms with Gasteiger partial charge >= 0.3 is 0 Å². The molecule has 0 bridgehead atoms. The highest BCUT2D eigenvalue weighted by atomic mass is 79.9. The van der Waals surface area contributed by atoms with E-state index in [-0.39, 0.29) is 0 Å². The fourth-order valence-electron chi connectivity index (χ4n) is 0.979. The quantitative estimate of drug-likeness (QED) is 0.768. The third kappa shape index (κ3) is 3.00. The van der Waals surface area contributed by atoms with Crippen LogP contribution in [0.15, 0.2) is 35.5 Å². The molecule has 1 aromatic heterocycles. The van der Waals surface area contributed by atoms with Crippen molar-refractivity contribution in [2.75, 3.05) is 6.61 Å². The van der Waals surface area contributed by atoms with E-state index in [9.17, 15) is 0 Å². The van der Waals surface area contributed by atoms with Crippen LogP contribution in [0.5, 0.6) is 5.75 Å². The molecule has 1 aromatic rings. The molecule has 1 rings (SSSR count). The molecule has 0 spiro atoms. The molecule has 0 N–H and O–H groups in total. The standard InChI is InChI=1S/C11H12BrNO/c1-3-5-10-11(14-6-4-2)7-9(12)8-13-10/h3-5,7-8H,2,6H2,1H3. The lowest BCUT2D eigenvalue weighted by molar-refractivity contribution is 0.360. The molecule has 3 heteroatoms. The molecule has 0 aliphatic carbocycles. The van der Waals surface area contributed by atoms with Crippen LogP contribution in [0.4, 0.5) is 0 Å². The van der Waals surface area contributed by atoms with E-state index in [2.05, 4.69) is 27.5 Å². The zero-order valence-electron chi connectivity index (χ0n) is 8.03. The molecule has 0 unspecified atom stereocenters. The van der Waals surface area contributed by atoms with Gasteiger partial charge in [-0.3, -0.25) is 4.98 Å². The van der Waals surface area contributed by atoms with Gasteiger partial charge in [0.25, 0.3) is 0 Å². The third-order valence-electron chi connectivity index (χ3n) is 1.53. The van der Waals surface area contributed by atoms with Gasteiger partial charge in [0, 0.05) is 10.7 Å². The number of hydrogen-bond donors (Lipinski definition) is 0. The van der Waals surface area contributed by atoms with Crippen molar-refractivity contribution < 1.29 is 4.74 Å². The molecular formula is C11H12BrNO. The molecule has 0 amide bonds. The summed E-state index contributed by atoms with van der Waals surface area (Å²) in [5, 5.41) is 0. The maximum atomic E-state index is 5.46. The van der Waals surface area contributed by atoms with Gasteiger partial charge in [0.1, 0.15) is 18.1 Å². The average molecular weight is 254 g/mol. The predicted octanol–water partition coefficient (Wildman–Crippen LogP) is 3.44. The smallest absolute Gasteiger partial charge is 0.146 e. The highest BCUT2D eigenvalue weighted by Gasteiger charge is 2.02. The van der Waals surface area contributed by atoms with Gasteiger partial charge in [-0.2, -0.15) is 0 Å². The van der Waals surface area contributed by atoms with Gasteiger partial charge in [-0.1, -0.05) is 18.7 Å². The largest absolute Gasteiger partial charge is 0.487 e. The Hall–Kier alpha value is -1.09. The Bertz CT molecular complexity index is 347. The first-order valence-corrected chi connectivity index (χ1v) is 5.09. The molecule has 0 aromatic carbocycles. The summed E-state index contributed by atoms with van der Waals surface area (Å²) in [6, 6.07) is 1.89. The summed E-state index contributed by atoms with van der Waals surface area (Å²) < 4.78 is 6.37. The van der Waals surface area contributed by atoms with Crippen molar-refractivity contribution in [2.45, 2.75) is 6.92 Å². The number of rotatable bonds is 4. The van der Waals surface area contributed by atoms with E-state index in [0.717, 1.165) is 15.9 Å². The van der Waals surface area contributed by atoms with Crippen molar-refractivity contribution in [1.29, 1.82) is 0 Å². The number of aromatic nitrogens is 1. The van der Waals surface area contributed by atoms with Gasteiger partial charge in [-0.15, -0.1) is 0 Å². The van der Waals surface area contributed by atoms with E-state index >= 15 is 0 Å². The molecule has 74 valence electrons. The highest BCUT2D eigenvalue weighted by molar-refractivity contribution is 9.10. The molecule has 0 saturated carbocycles. The lowest BCUT2D eigenvalue weighted by Crippen LogP contribution is -1.96. The molecule has 1 heterocycles. The summed E-state index contributed by atoms with van der Waals surface area (Å²) in [5.74, 6) is 0.761. The van der Waals surface area contributed by atoms with Gasteiger partial charge in [-0.25, -0.2) is 0 Å². The summed E-state index contributed by atoms with van der Waals surface area (Å²) in [6.07, 6.45) is 7.29. The Labute approximate surface area is 92.4 Å². The van der Waals surface area contributed by atoms with Crippen LogP contribution in [-0.2, 0) is 0 Å². The zero-order chi connectivity index (χ0) is 10.4. The molecule has 0 aliphatic heterocycles. The first kappa shape index (κ1) is 11.0. The Morgan fingerprint density at radius 3 is 3.07 bits per heavy atom. The molecule has 0 radical (unpaired) electrons. The predicted molar refractivity (Wildman–Crippen MR) is 62.3 cm³/mol. The summed E-state index contributed by atoms with van der Waals surface area (Å²) in [6.45, 7) is 6.03. The zero-order valence-corrected chi connectivity index (χ0v) is 9.62. The van der Waals surface area contributed by atoms with E-state index in [1.54, 1.807) is 12.3 Å². The summed E-state index contributed by atoms with van der Waals surface area (Å²) >= 11 is 3.35. The summed E-state index contributed by atoms with van der Waals surface area (Å²) in [7, 11) is 0. The van der Waals surface area contributed by atoms with Gasteiger partial charge < -0.3 is 4.74 Å². The fraction of sp³-hybridized carbons (Fsp3) is 0.182. The fourth-order valence-corrected chi connectivity index (χ4v) is 1.29. The maximum absolute atomic E-state index is 5.46. The molecule has 0 atom stereocenters.